The smallest absolute Gasteiger partial charge is 0.228 e. The Morgan fingerprint density at radius 3 is 2.71 bits per heavy atom. The van der Waals surface area contributed by atoms with Gasteiger partial charge in [0.05, 0.1) is 12.8 Å². The van der Waals surface area contributed by atoms with E-state index in [1.165, 1.54) is 10.9 Å². The molecule has 0 saturated carbocycles. The van der Waals surface area contributed by atoms with Crippen LogP contribution in [0, 0.1) is 0 Å². The predicted octanol–water partition coefficient (Wildman–Crippen LogP) is -0.534. The zero-order valence-corrected chi connectivity index (χ0v) is 14.6. The number of benzene rings is 1. The molecule has 28 heavy (non-hydrogen) atoms. The number of hydrogen-bond donors (Lipinski definition) is 5. The Balaban J connectivity index is 1.73. The lowest BCUT2D eigenvalue weighted by atomic mass is 10.1. The third-order valence-corrected chi connectivity index (χ3v) is 4.45. The molecule has 0 spiro atoms. The van der Waals surface area contributed by atoms with Gasteiger partial charge in [-0.25, -0.2) is 20.4 Å². The number of nitrogens with zero attached hydrogens (tertiary/aromatic N) is 5. The zero-order valence-electron chi connectivity index (χ0n) is 14.6. The Bertz CT molecular complexity index is 994. The molecule has 1 aliphatic heterocycles. The number of nitrogens with one attached hydrogen (secondary N) is 1. The van der Waals surface area contributed by atoms with Gasteiger partial charge < -0.3 is 25.8 Å². The maximum absolute atomic E-state index is 10.4. The number of anilines is 2. The van der Waals surface area contributed by atoms with Crippen LogP contribution in [-0.4, -0.2) is 66.0 Å². The molecular weight excluding hydrogens is 366 g/mol. The van der Waals surface area contributed by atoms with Crippen LogP contribution >= 0.6 is 0 Å². The Morgan fingerprint density at radius 1 is 1.21 bits per heavy atom. The summed E-state index contributed by atoms with van der Waals surface area (Å²) in [6.45, 7) is -0.451. The molecule has 0 aliphatic carbocycles. The number of imidazole rings is 1. The summed E-state index contributed by atoms with van der Waals surface area (Å²) in [6.07, 6.45) is -1.74. The maximum Gasteiger partial charge on any atom is 0.228 e. The molecule has 1 saturated heterocycles. The van der Waals surface area contributed by atoms with Crippen LogP contribution in [0.5, 0.6) is 0 Å². The molecule has 0 amide bonds. The third kappa shape index (κ3) is 3.16. The minimum Gasteiger partial charge on any atom is -0.394 e. The highest BCUT2D eigenvalue weighted by Gasteiger charge is 2.45. The number of nitrogen functional groups attached to an aromatic ring is 1. The van der Waals surface area contributed by atoms with Gasteiger partial charge in [-0.3, -0.25) is 4.57 Å². The van der Waals surface area contributed by atoms with Gasteiger partial charge >= 0.3 is 0 Å². The normalized spacial score (nSPS) is 25.0. The van der Waals surface area contributed by atoms with Crippen molar-refractivity contribution in [1.82, 2.24) is 19.5 Å². The highest BCUT2D eigenvalue weighted by molar-refractivity contribution is 5.84. The Kier molecular flexibility index (Phi) is 4.88. The van der Waals surface area contributed by atoms with E-state index in [9.17, 15) is 15.3 Å². The minimum atomic E-state index is -1.32. The van der Waals surface area contributed by atoms with Gasteiger partial charge in [0.2, 0.25) is 5.95 Å². The first-order valence-electron chi connectivity index (χ1n) is 8.55. The standard InChI is InChI=1S/C17H19N7O4/c18-14-11-15(20-8-19-14)24(16-13(27)12(26)10(7-25)28-16)17(22-11)23-21-6-9-4-2-1-3-5-9/h1-6,8,10,12-13,16,25-27H,7H2,(H,22,23)(H2,18,19,20)/b21-6-/t10-,12+,13-,16+/m0/s1. The lowest BCUT2D eigenvalue weighted by molar-refractivity contribution is -0.0501. The van der Waals surface area contributed by atoms with Crippen molar-refractivity contribution in [3.63, 3.8) is 0 Å². The number of hydrogen-bond acceptors (Lipinski definition) is 10. The topological polar surface area (TPSA) is 164 Å². The molecule has 0 unspecified atom stereocenters. The second-order valence-corrected chi connectivity index (χ2v) is 6.25. The van der Waals surface area contributed by atoms with E-state index >= 15 is 0 Å². The Hall–Kier alpha value is -3.12. The average Bonchev–Trinajstić information content (AvgIpc) is 3.21. The number of fused-ring (bicyclic) bond motifs is 1. The first kappa shape index (κ1) is 18.3. The summed E-state index contributed by atoms with van der Waals surface area (Å²) in [5.41, 5.74) is 10.1. The number of nitrogens with two attached hydrogens (primary N) is 1. The van der Waals surface area contributed by atoms with E-state index in [-0.39, 0.29) is 17.3 Å². The van der Waals surface area contributed by atoms with E-state index in [2.05, 4.69) is 25.5 Å². The summed E-state index contributed by atoms with van der Waals surface area (Å²) in [5, 5.41) is 34.0. The third-order valence-electron chi connectivity index (χ3n) is 4.45. The second-order valence-electron chi connectivity index (χ2n) is 6.25. The Morgan fingerprint density at radius 2 is 2.00 bits per heavy atom. The van der Waals surface area contributed by atoms with Crippen molar-refractivity contribution < 1.29 is 20.1 Å². The zero-order chi connectivity index (χ0) is 19.7. The summed E-state index contributed by atoms with van der Waals surface area (Å²) < 4.78 is 7.04. The Labute approximate surface area is 159 Å². The van der Waals surface area contributed by atoms with Gasteiger partial charge in [-0.2, -0.15) is 5.10 Å². The molecule has 146 valence electrons. The molecule has 0 bridgehead atoms. The minimum absolute atomic E-state index is 0.144. The fourth-order valence-electron chi connectivity index (χ4n) is 3.04. The van der Waals surface area contributed by atoms with Crippen molar-refractivity contribution >= 4 is 29.1 Å². The number of hydrazone groups is 1. The average molecular weight is 385 g/mol. The first-order valence-corrected chi connectivity index (χ1v) is 8.55. The molecule has 1 aliphatic rings. The van der Waals surface area contributed by atoms with Crippen molar-refractivity contribution in [1.29, 1.82) is 0 Å². The molecule has 0 radical (unpaired) electrons. The molecule has 3 heterocycles. The van der Waals surface area contributed by atoms with Gasteiger partial charge in [0, 0.05) is 0 Å². The van der Waals surface area contributed by atoms with Crippen LogP contribution in [0.1, 0.15) is 11.8 Å². The summed E-state index contributed by atoms with van der Waals surface area (Å²) >= 11 is 0. The van der Waals surface area contributed by atoms with Crippen LogP contribution in [0.2, 0.25) is 0 Å². The van der Waals surface area contributed by atoms with Gasteiger partial charge in [0.1, 0.15) is 24.6 Å². The fourth-order valence-corrected chi connectivity index (χ4v) is 3.04. The van der Waals surface area contributed by atoms with Crippen molar-refractivity contribution in [3.05, 3.63) is 42.2 Å². The SMILES string of the molecule is Nc1ncnc2c1nc(N/N=C\c1ccccc1)n2[C@@H]1O[C@@H](CO)[C@@H](O)[C@@H]1O. The van der Waals surface area contributed by atoms with Crippen LogP contribution in [0.25, 0.3) is 11.2 Å². The molecule has 4 atom stereocenters. The van der Waals surface area contributed by atoms with Crippen LogP contribution in [0.4, 0.5) is 11.8 Å². The molecular formula is C17H19N7O4. The number of aliphatic hydroxyl groups excluding tert-OH is 3. The molecule has 2 aromatic heterocycles. The quantitative estimate of drug-likeness (QED) is 0.287. The summed E-state index contributed by atoms with van der Waals surface area (Å²) in [5.74, 6) is 0.329. The van der Waals surface area contributed by atoms with E-state index in [0.717, 1.165) is 5.56 Å². The fraction of sp³-hybridized carbons (Fsp3) is 0.294. The van der Waals surface area contributed by atoms with Gasteiger partial charge in [-0.15, -0.1) is 0 Å². The predicted molar refractivity (Wildman–Crippen MR) is 100 cm³/mol. The molecule has 1 aromatic carbocycles. The van der Waals surface area contributed by atoms with Crippen molar-refractivity contribution in [2.75, 3.05) is 17.8 Å². The summed E-state index contributed by atoms with van der Waals surface area (Å²) in [4.78, 5) is 12.4. The van der Waals surface area contributed by atoms with Gasteiger partial charge in [-0.05, 0) is 5.56 Å². The molecule has 1 fully saturated rings. The molecule has 3 aromatic rings. The molecule has 11 nitrogen and oxygen atoms in total. The van der Waals surface area contributed by atoms with Crippen molar-refractivity contribution in [2.24, 2.45) is 5.10 Å². The van der Waals surface area contributed by atoms with E-state index in [0.29, 0.717) is 5.65 Å². The molecule has 11 heteroatoms. The summed E-state index contributed by atoms with van der Waals surface area (Å²) in [6, 6.07) is 9.42. The number of aromatic nitrogens is 4. The van der Waals surface area contributed by atoms with Crippen LogP contribution in [0.3, 0.4) is 0 Å². The summed E-state index contributed by atoms with van der Waals surface area (Å²) in [7, 11) is 0. The lowest BCUT2D eigenvalue weighted by Crippen LogP contribution is -2.33. The van der Waals surface area contributed by atoms with Crippen molar-refractivity contribution in [2.45, 2.75) is 24.5 Å². The number of aliphatic hydroxyl groups is 3. The highest BCUT2D eigenvalue weighted by Crippen LogP contribution is 2.35. The van der Waals surface area contributed by atoms with E-state index < -0.39 is 31.1 Å². The van der Waals surface area contributed by atoms with Crippen LogP contribution in [0.15, 0.2) is 41.8 Å². The highest BCUT2D eigenvalue weighted by atomic mass is 16.6. The van der Waals surface area contributed by atoms with E-state index in [1.807, 2.05) is 30.3 Å². The van der Waals surface area contributed by atoms with Crippen molar-refractivity contribution in [3.8, 4) is 0 Å². The maximum atomic E-state index is 10.4. The number of rotatable bonds is 5. The molecule has 4 rings (SSSR count). The van der Waals surface area contributed by atoms with E-state index in [4.69, 9.17) is 10.5 Å². The van der Waals surface area contributed by atoms with Gasteiger partial charge in [0.15, 0.2) is 23.2 Å². The molecule has 6 N–H and O–H groups in total. The first-order chi connectivity index (χ1) is 13.6. The van der Waals surface area contributed by atoms with E-state index in [1.54, 1.807) is 6.21 Å². The monoisotopic (exact) mass is 385 g/mol. The van der Waals surface area contributed by atoms with Gasteiger partial charge in [0.25, 0.3) is 0 Å². The van der Waals surface area contributed by atoms with Gasteiger partial charge in [-0.1, -0.05) is 30.3 Å². The van der Waals surface area contributed by atoms with Crippen LogP contribution in [-0.2, 0) is 4.74 Å². The van der Waals surface area contributed by atoms with Crippen LogP contribution < -0.4 is 11.2 Å². The lowest BCUT2D eigenvalue weighted by Gasteiger charge is -2.18. The largest absolute Gasteiger partial charge is 0.394 e. The second kappa shape index (κ2) is 7.48. The number of ether oxygens (including phenoxy) is 1.